The maximum atomic E-state index is 12.9. The molecule has 4 aromatic rings. The van der Waals surface area contributed by atoms with Crippen molar-refractivity contribution in [3.05, 3.63) is 109 Å². The van der Waals surface area contributed by atoms with E-state index >= 15 is 0 Å². The maximum Gasteiger partial charge on any atom is 0.262 e. The number of carboxylic acids is 1. The van der Waals surface area contributed by atoms with E-state index in [0.717, 1.165) is 11.1 Å². The van der Waals surface area contributed by atoms with Crippen LogP contribution in [0.5, 0.6) is 0 Å². The van der Waals surface area contributed by atoms with Crippen LogP contribution >= 0.6 is 23.8 Å². The fraction of sp³-hybridized carbons (Fsp3) is 0.120. The molecule has 172 valence electrons. The SMILES string of the molecule is O=C([O-])c1ccc2c(=O)n(Cc3ccc(C(=O)NCCc4ccc(Cl)cc4)cc3)c(=S)[nH]c2c1. The topological polar surface area (TPSA) is 107 Å². The number of aromatic nitrogens is 2. The molecule has 0 saturated heterocycles. The van der Waals surface area contributed by atoms with Gasteiger partial charge >= 0.3 is 0 Å². The van der Waals surface area contributed by atoms with Gasteiger partial charge in [-0.1, -0.05) is 41.9 Å². The molecule has 0 aliphatic rings. The highest BCUT2D eigenvalue weighted by molar-refractivity contribution is 7.71. The van der Waals surface area contributed by atoms with Gasteiger partial charge in [0.25, 0.3) is 11.5 Å². The summed E-state index contributed by atoms with van der Waals surface area (Å²) in [4.78, 5) is 39.3. The Bertz CT molecular complexity index is 1490. The molecule has 4 rings (SSSR count). The number of aromatic amines is 1. The third-order valence-corrected chi connectivity index (χ3v) is 5.96. The number of fused-ring (bicyclic) bond motifs is 1. The summed E-state index contributed by atoms with van der Waals surface area (Å²) in [5.41, 5.74) is 2.31. The molecule has 0 atom stereocenters. The quantitative estimate of drug-likeness (QED) is 0.385. The molecule has 3 aromatic carbocycles. The van der Waals surface area contributed by atoms with E-state index in [-0.39, 0.29) is 28.3 Å². The maximum absolute atomic E-state index is 12.9. The van der Waals surface area contributed by atoms with Gasteiger partial charge in [0.05, 0.1) is 23.4 Å². The number of carboxylic acid groups (broad SMARTS) is 1. The number of aromatic carboxylic acids is 1. The summed E-state index contributed by atoms with van der Waals surface area (Å²) >= 11 is 11.2. The molecule has 0 aliphatic heterocycles. The minimum atomic E-state index is -1.33. The van der Waals surface area contributed by atoms with Gasteiger partial charge in [-0.3, -0.25) is 14.2 Å². The first-order valence-corrected chi connectivity index (χ1v) is 11.2. The number of benzene rings is 3. The Morgan fingerprint density at radius 2 is 1.62 bits per heavy atom. The number of hydrogen-bond acceptors (Lipinski definition) is 5. The van der Waals surface area contributed by atoms with Gasteiger partial charge in [-0.05, 0) is 71.7 Å². The second-order valence-corrected chi connectivity index (χ2v) is 8.52. The van der Waals surface area contributed by atoms with E-state index in [1.165, 1.54) is 22.8 Å². The molecule has 0 bridgehead atoms. The van der Waals surface area contributed by atoms with Crippen molar-refractivity contribution in [3.8, 4) is 0 Å². The number of nitrogens with zero attached hydrogens (tertiary/aromatic N) is 1. The van der Waals surface area contributed by atoms with Crippen LogP contribution in [0.4, 0.5) is 0 Å². The van der Waals surface area contributed by atoms with Crippen LogP contribution in [0.3, 0.4) is 0 Å². The number of H-pyrrole nitrogens is 1. The highest BCUT2D eigenvalue weighted by Gasteiger charge is 2.09. The zero-order valence-corrected chi connectivity index (χ0v) is 19.4. The van der Waals surface area contributed by atoms with Crippen molar-refractivity contribution < 1.29 is 14.7 Å². The lowest BCUT2D eigenvalue weighted by Gasteiger charge is -2.10. The molecule has 0 aliphatic carbocycles. The fourth-order valence-electron chi connectivity index (χ4n) is 3.54. The first-order valence-electron chi connectivity index (χ1n) is 10.4. The smallest absolute Gasteiger partial charge is 0.262 e. The van der Waals surface area contributed by atoms with Crippen LogP contribution in [-0.4, -0.2) is 28.0 Å². The standard InChI is InChI=1S/C25H20ClN3O4S/c26-19-8-3-15(4-9-19)11-12-27-22(30)17-5-1-16(2-6-17)14-29-23(31)20-10-7-18(24(32)33)13-21(20)28-25(29)34/h1-10,13H,11-12,14H2,(H,27,30)(H,28,34)(H,32,33)/p-1. The average Bonchev–Trinajstić information content (AvgIpc) is 2.83. The van der Waals surface area contributed by atoms with Gasteiger partial charge in [-0.25, -0.2) is 0 Å². The van der Waals surface area contributed by atoms with Gasteiger partial charge < -0.3 is 20.2 Å². The second-order valence-electron chi connectivity index (χ2n) is 7.70. The number of carbonyl (C=O) groups is 2. The van der Waals surface area contributed by atoms with Crippen molar-refractivity contribution >= 4 is 46.6 Å². The molecule has 1 aromatic heterocycles. The monoisotopic (exact) mass is 492 g/mol. The van der Waals surface area contributed by atoms with Crippen LogP contribution in [0.2, 0.25) is 5.02 Å². The van der Waals surface area contributed by atoms with Gasteiger partial charge in [0, 0.05) is 17.1 Å². The van der Waals surface area contributed by atoms with E-state index in [1.54, 1.807) is 24.3 Å². The predicted molar refractivity (Wildman–Crippen MR) is 131 cm³/mol. The van der Waals surface area contributed by atoms with E-state index in [1.807, 2.05) is 24.3 Å². The lowest BCUT2D eigenvalue weighted by molar-refractivity contribution is -0.255. The highest BCUT2D eigenvalue weighted by atomic mass is 35.5. The van der Waals surface area contributed by atoms with Crippen LogP contribution in [0.1, 0.15) is 31.8 Å². The minimum absolute atomic E-state index is 0.0441. The van der Waals surface area contributed by atoms with Crippen LogP contribution in [0.15, 0.2) is 71.5 Å². The fourth-order valence-corrected chi connectivity index (χ4v) is 3.93. The summed E-state index contributed by atoms with van der Waals surface area (Å²) < 4.78 is 1.55. The Morgan fingerprint density at radius 1 is 0.971 bits per heavy atom. The minimum Gasteiger partial charge on any atom is -0.545 e. The Labute approximate surface area is 204 Å². The Kier molecular flexibility index (Phi) is 6.90. The largest absolute Gasteiger partial charge is 0.545 e. The van der Waals surface area contributed by atoms with Gasteiger partial charge in [-0.15, -0.1) is 0 Å². The number of halogens is 1. The van der Waals surface area contributed by atoms with Crippen molar-refractivity contribution in [2.24, 2.45) is 0 Å². The van der Waals surface area contributed by atoms with Crippen molar-refractivity contribution in [3.63, 3.8) is 0 Å². The molecular formula is C25H19ClN3O4S-. The lowest BCUT2D eigenvalue weighted by Crippen LogP contribution is -2.26. The first-order chi connectivity index (χ1) is 16.3. The van der Waals surface area contributed by atoms with E-state index in [9.17, 15) is 19.5 Å². The summed E-state index contributed by atoms with van der Waals surface area (Å²) in [6.07, 6.45) is 0.689. The molecule has 0 saturated carbocycles. The summed E-state index contributed by atoms with van der Waals surface area (Å²) in [5.74, 6) is -1.52. The van der Waals surface area contributed by atoms with Crippen molar-refractivity contribution in [1.29, 1.82) is 0 Å². The third-order valence-electron chi connectivity index (χ3n) is 5.39. The Morgan fingerprint density at radius 3 is 2.29 bits per heavy atom. The molecule has 2 N–H and O–H groups in total. The highest BCUT2D eigenvalue weighted by Crippen LogP contribution is 2.13. The van der Waals surface area contributed by atoms with Crippen molar-refractivity contribution in [2.75, 3.05) is 6.54 Å². The number of carbonyl (C=O) groups excluding carboxylic acids is 2. The van der Waals surface area contributed by atoms with E-state index in [4.69, 9.17) is 23.8 Å². The van der Waals surface area contributed by atoms with Crippen molar-refractivity contribution in [1.82, 2.24) is 14.9 Å². The molecule has 0 unspecified atom stereocenters. The van der Waals surface area contributed by atoms with Gasteiger partial charge in [0.2, 0.25) is 0 Å². The Balaban J connectivity index is 1.44. The van der Waals surface area contributed by atoms with Crippen LogP contribution < -0.4 is 16.0 Å². The average molecular weight is 493 g/mol. The number of hydrogen-bond donors (Lipinski definition) is 2. The first kappa shape index (κ1) is 23.4. The zero-order valence-electron chi connectivity index (χ0n) is 17.8. The number of nitrogens with one attached hydrogen (secondary N) is 2. The predicted octanol–water partition coefficient (Wildman–Crippen LogP) is 3.10. The van der Waals surface area contributed by atoms with E-state index in [2.05, 4.69) is 10.3 Å². The molecule has 0 spiro atoms. The molecule has 7 nitrogen and oxygen atoms in total. The van der Waals surface area contributed by atoms with Gasteiger partial charge in [0.1, 0.15) is 0 Å². The molecule has 34 heavy (non-hydrogen) atoms. The second kappa shape index (κ2) is 10.0. The van der Waals surface area contributed by atoms with E-state index in [0.29, 0.717) is 34.5 Å². The number of amides is 1. The van der Waals surface area contributed by atoms with Gasteiger partial charge in [-0.2, -0.15) is 0 Å². The molecule has 0 radical (unpaired) electrons. The summed E-state index contributed by atoms with van der Waals surface area (Å²) in [7, 11) is 0. The molecule has 0 fully saturated rings. The molecular weight excluding hydrogens is 474 g/mol. The van der Waals surface area contributed by atoms with Crippen LogP contribution in [-0.2, 0) is 13.0 Å². The van der Waals surface area contributed by atoms with E-state index < -0.39 is 5.97 Å². The number of rotatable bonds is 7. The molecule has 1 amide bonds. The normalized spacial score (nSPS) is 10.9. The third kappa shape index (κ3) is 5.24. The van der Waals surface area contributed by atoms with Gasteiger partial charge in [0.15, 0.2) is 4.77 Å². The summed E-state index contributed by atoms with van der Waals surface area (Å²) in [5, 5.41) is 14.9. The summed E-state index contributed by atoms with van der Waals surface area (Å²) in [6.45, 7) is 0.689. The molecule has 9 heteroatoms. The summed E-state index contributed by atoms with van der Waals surface area (Å²) in [6, 6.07) is 18.5. The van der Waals surface area contributed by atoms with Crippen LogP contribution in [0.25, 0.3) is 10.9 Å². The molecule has 1 heterocycles. The van der Waals surface area contributed by atoms with Crippen molar-refractivity contribution in [2.45, 2.75) is 13.0 Å². The Hall–Kier alpha value is -3.75. The lowest BCUT2D eigenvalue weighted by atomic mass is 10.1. The van der Waals surface area contributed by atoms with Crippen LogP contribution in [0, 0.1) is 4.77 Å². The zero-order chi connectivity index (χ0) is 24.2.